The second kappa shape index (κ2) is 5.39. The number of carbonyl (C=O) groups is 1. The summed E-state index contributed by atoms with van der Waals surface area (Å²) in [5.41, 5.74) is 3.40. The first-order chi connectivity index (χ1) is 10.7. The van der Waals surface area contributed by atoms with E-state index in [4.69, 9.17) is 4.98 Å². The van der Waals surface area contributed by atoms with Gasteiger partial charge in [-0.25, -0.2) is 4.98 Å². The van der Waals surface area contributed by atoms with E-state index in [2.05, 4.69) is 40.3 Å². The summed E-state index contributed by atoms with van der Waals surface area (Å²) in [5, 5.41) is 2.95. The van der Waals surface area contributed by atoms with E-state index in [1.807, 2.05) is 0 Å². The van der Waals surface area contributed by atoms with E-state index in [1.54, 1.807) is 0 Å². The van der Waals surface area contributed by atoms with Crippen LogP contribution in [-0.2, 0) is 4.79 Å². The molecule has 4 rings (SSSR count). The molecule has 1 amide bonds. The van der Waals surface area contributed by atoms with E-state index >= 15 is 0 Å². The van der Waals surface area contributed by atoms with Crippen molar-refractivity contribution in [3.8, 4) is 0 Å². The van der Waals surface area contributed by atoms with Crippen molar-refractivity contribution in [1.29, 1.82) is 0 Å². The maximum atomic E-state index is 11.9. The number of hydrogen-bond donors (Lipinski definition) is 2. The van der Waals surface area contributed by atoms with Crippen molar-refractivity contribution in [3.63, 3.8) is 0 Å². The van der Waals surface area contributed by atoms with Crippen LogP contribution < -0.4 is 5.32 Å². The molecule has 2 fully saturated rings. The lowest BCUT2D eigenvalue weighted by Crippen LogP contribution is -2.45. The zero-order valence-corrected chi connectivity index (χ0v) is 12.9. The molecule has 5 nitrogen and oxygen atoms in total. The third kappa shape index (κ3) is 2.39. The van der Waals surface area contributed by atoms with Gasteiger partial charge >= 0.3 is 0 Å². The molecule has 0 unspecified atom stereocenters. The number of imidazole rings is 1. The maximum absolute atomic E-state index is 11.9. The Hall–Kier alpha value is -1.88. The Morgan fingerprint density at radius 3 is 3.05 bits per heavy atom. The monoisotopic (exact) mass is 298 g/mol. The highest BCUT2D eigenvalue weighted by atomic mass is 16.2. The molecule has 0 spiro atoms. The molecule has 0 saturated carbocycles. The molecular formula is C17H22N4O. The molecule has 22 heavy (non-hydrogen) atoms. The second-order valence-corrected chi connectivity index (χ2v) is 6.57. The normalized spacial score (nSPS) is 26.5. The molecular weight excluding hydrogens is 276 g/mol. The summed E-state index contributed by atoms with van der Waals surface area (Å²) in [4.78, 5) is 22.5. The molecule has 2 aromatic rings. The van der Waals surface area contributed by atoms with Crippen molar-refractivity contribution in [1.82, 2.24) is 20.2 Å². The first kappa shape index (κ1) is 13.8. The fourth-order valence-electron chi connectivity index (χ4n) is 3.78. The largest absolute Gasteiger partial charge is 0.355 e. The molecule has 2 saturated heterocycles. The van der Waals surface area contributed by atoms with Gasteiger partial charge in [-0.15, -0.1) is 0 Å². The van der Waals surface area contributed by atoms with Crippen LogP contribution in [0.3, 0.4) is 0 Å². The first-order valence-corrected chi connectivity index (χ1v) is 8.19. The molecule has 0 bridgehead atoms. The standard InChI is InChI=1S/C17H22N4O/c1-11-4-5-13-14(9-11)20-16(19-13)12-3-2-8-21(10-12)15-6-7-18-17(15)22/h4-5,9,12,15H,2-3,6-8,10H2,1H3,(H,18,22)(H,19,20)/t12-,15-/m0/s1. The first-order valence-electron chi connectivity index (χ1n) is 8.19. The summed E-state index contributed by atoms with van der Waals surface area (Å²) in [5.74, 6) is 1.67. The quantitative estimate of drug-likeness (QED) is 0.890. The lowest BCUT2D eigenvalue weighted by molar-refractivity contribution is -0.124. The van der Waals surface area contributed by atoms with Crippen molar-refractivity contribution in [2.24, 2.45) is 0 Å². The third-order valence-electron chi connectivity index (χ3n) is 4.96. The summed E-state index contributed by atoms with van der Waals surface area (Å²) in [6.45, 7) is 4.86. The number of nitrogens with one attached hydrogen (secondary N) is 2. The van der Waals surface area contributed by atoms with Gasteiger partial charge in [-0.3, -0.25) is 9.69 Å². The van der Waals surface area contributed by atoms with Crippen LogP contribution in [0.5, 0.6) is 0 Å². The van der Waals surface area contributed by atoms with E-state index in [9.17, 15) is 4.79 Å². The zero-order valence-electron chi connectivity index (χ0n) is 12.9. The number of carbonyl (C=O) groups excluding carboxylic acids is 1. The number of aromatic nitrogens is 2. The van der Waals surface area contributed by atoms with Crippen LogP contribution in [0.4, 0.5) is 0 Å². The number of H-pyrrole nitrogens is 1. The summed E-state index contributed by atoms with van der Waals surface area (Å²) >= 11 is 0. The summed E-state index contributed by atoms with van der Waals surface area (Å²) in [6, 6.07) is 6.39. The molecule has 2 aliphatic heterocycles. The minimum atomic E-state index is 0.0643. The van der Waals surface area contributed by atoms with Crippen molar-refractivity contribution >= 4 is 16.9 Å². The van der Waals surface area contributed by atoms with Crippen LogP contribution in [0, 0.1) is 6.92 Å². The van der Waals surface area contributed by atoms with Gasteiger partial charge in [0, 0.05) is 19.0 Å². The molecule has 2 atom stereocenters. The van der Waals surface area contributed by atoms with Gasteiger partial charge < -0.3 is 10.3 Å². The van der Waals surface area contributed by atoms with Crippen molar-refractivity contribution in [3.05, 3.63) is 29.6 Å². The Balaban J connectivity index is 1.56. The van der Waals surface area contributed by atoms with Crippen LogP contribution >= 0.6 is 0 Å². The Bertz CT molecular complexity index is 708. The number of hydrogen-bond acceptors (Lipinski definition) is 3. The number of nitrogens with zero attached hydrogens (tertiary/aromatic N) is 2. The van der Waals surface area contributed by atoms with E-state index in [-0.39, 0.29) is 11.9 Å². The van der Waals surface area contributed by atoms with E-state index in [0.717, 1.165) is 55.8 Å². The number of likely N-dealkylation sites (tertiary alicyclic amines) is 1. The molecule has 2 N–H and O–H groups in total. The Labute approximate surface area is 130 Å². The smallest absolute Gasteiger partial charge is 0.237 e. The fraction of sp³-hybridized carbons (Fsp3) is 0.529. The van der Waals surface area contributed by atoms with Gasteiger partial charge in [-0.05, 0) is 50.4 Å². The lowest BCUT2D eigenvalue weighted by atomic mass is 9.95. The van der Waals surface area contributed by atoms with Crippen LogP contribution in [0.2, 0.25) is 0 Å². The highest BCUT2D eigenvalue weighted by Gasteiger charge is 2.34. The van der Waals surface area contributed by atoms with Crippen molar-refractivity contribution < 1.29 is 4.79 Å². The molecule has 3 heterocycles. The number of benzene rings is 1. The highest BCUT2D eigenvalue weighted by molar-refractivity contribution is 5.83. The van der Waals surface area contributed by atoms with Gasteiger partial charge in [-0.2, -0.15) is 0 Å². The number of fused-ring (bicyclic) bond motifs is 1. The topological polar surface area (TPSA) is 61.0 Å². The number of amides is 1. The van der Waals surface area contributed by atoms with Crippen LogP contribution in [-0.4, -0.2) is 46.5 Å². The highest BCUT2D eigenvalue weighted by Crippen LogP contribution is 2.29. The number of piperidine rings is 1. The molecule has 5 heteroatoms. The lowest BCUT2D eigenvalue weighted by Gasteiger charge is -2.34. The second-order valence-electron chi connectivity index (χ2n) is 6.57. The Kier molecular flexibility index (Phi) is 3.37. The van der Waals surface area contributed by atoms with Gasteiger partial charge in [0.25, 0.3) is 0 Å². The van der Waals surface area contributed by atoms with E-state index < -0.39 is 0 Å². The van der Waals surface area contributed by atoms with Crippen LogP contribution in [0.25, 0.3) is 11.0 Å². The summed E-state index contributed by atoms with van der Waals surface area (Å²) in [7, 11) is 0. The van der Waals surface area contributed by atoms with Crippen LogP contribution in [0.1, 0.15) is 36.6 Å². The van der Waals surface area contributed by atoms with Gasteiger partial charge in [0.05, 0.1) is 17.1 Å². The Morgan fingerprint density at radius 1 is 1.32 bits per heavy atom. The SMILES string of the molecule is Cc1ccc2nc([C@H]3CCCN([C@H]4CCNC4=O)C3)[nH]c2c1. The van der Waals surface area contributed by atoms with Gasteiger partial charge in [0.15, 0.2) is 0 Å². The van der Waals surface area contributed by atoms with Gasteiger partial charge in [0.1, 0.15) is 5.82 Å². The minimum absolute atomic E-state index is 0.0643. The fourth-order valence-corrected chi connectivity index (χ4v) is 3.78. The number of aryl methyl sites for hydroxylation is 1. The molecule has 0 radical (unpaired) electrons. The molecule has 1 aromatic carbocycles. The maximum Gasteiger partial charge on any atom is 0.237 e. The van der Waals surface area contributed by atoms with E-state index in [1.165, 1.54) is 5.56 Å². The minimum Gasteiger partial charge on any atom is -0.355 e. The molecule has 0 aliphatic carbocycles. The average Bonchev–Trinajstić information content (AvgIpc) is 3.13. The Morgan fingerprint density at radius 2 is 2.23 bits per heavy atom. The van der Waals surface area contributed by atoms with E-state index in [0.29, 0.717) is 5.92 Å². The molecule has 116 valence electrons. The predicted octanol–water partition coefficient (Wildman–Crippen LogP) is 1.94. The van der Waals surface area contributed by atoms with Gasteiger partial charge in [0.2, 0.25) is 5.91 Å². The van der Waals surface area contributed by atoms with Crippen LogP contribution in [0.15, 0.2) is 18.2 Å². The predicted molar refractivity (Wildman–Crippen MR) is 85.8 cm³/mol. The average molecular weight is 298 g/mol. The van der Waals surface area contributed by atoms with Crippen molar-refractivity contribution in [2.75, 3.05) is 19.6 Å². The number of rotatable bonds is 2. The molecule has 1 aromatic heterocycles. The van der Waals surface area contributed by atoms with Gasteiger partial charge in [-0.1, -0.05) is 6.07 Å². The number of aromatic amines is 1. The summed E-state index contributed by atoms with van der Waals surface area (Å²) in [6.07, 6.45) is 3.21. The summed E-state index contributed by atoms with van der Waals surface area (Å²) < 4.78 is 0. The van der Waals surface area contributed by atoms with Crippen molar-refractivity contribution in [2.45, 2.75) is 38.1 Å². The molecule has 2 aliphatic rings. The zero-order chi connectivity index (χ0) is 15.1. The third-order valence-corrected chi connectivity index (χ3v) is 4.96.